The van der Waals surface area contributed by atoms with Crippen molar-refractivity contribution in [1.29, 1.82) is 0 Å². The highest BCUT2D eigenvalue weighted by Crippen LogP contribution is 2.31. The number of benzene rings is 1. The molecule has 0 atom stereocenters. The Morgan fingerprint density at radius 3 is 2.83 bits per heavy atom. The van der Waals surface area contributed by atoms with Crippen LogP contribution in [0.5, 0.6) is 0 Å². The number of pyridine rings is 1. The van der Waals surface area contributed by atoms with Gasteiger partial charge in [0, 0.05) is 11.2 Å². The quantitative estimate of drug-likeness (QED) is 0.695. The molecule has 1 aromatic carbocycles. The van der Waals surface area contributed by atoms with Crippen LogP contribution in [0.25, 0.3) is 5.65 Å². The number of aromatic nitrogens is 2. The topological polar surface area (TPSA) is 79.3 Å². The van der Waals surface area contributed by atoms with Crippen molar-refractivity contribution in [3.05, 3.63) is 58.3 Å². The molecule has 2 aromatic heterocycles. The van der Waals surface area contributed by atoms with Crippen LogP contribution in [0, 0.1) is 0 Å². The molecule has 8 heteroatoms. The van der Waals surface area contributed by atoms with E-state index in [4.69, 9.17) is 28.3 Å². The molecule has 0 saturated carbocycles. The van der Waals surface area contributed by atoms with Crippen LogP contribution < -0.4 is 0 Å². The number of carbonyl (C=O) groups is 1. The Balaban J connectivity index is 2.09. The first-order valence-electron chi connectivity index (χ1n) is 6.59. The van der Waals surface area contributed by atoms with E-state index in [1.165, 1.54) is 0 Å². The van der Waals surface area contributed by atoms with E-state index >= 15 is 0 Å². The van der Waals surface area contributed by atoms with E-state index in [2.05, 4.69) is 15.2 Å². The maximum atomic E-state index is 11.0. The average Bonchev–Trinajstić information content (AvgIpc) is 2.85. The largest absolute Gasteiger partial charge is 0.481 e. The third kappa shape index (κ3) is 3.33. The van der Waals surface area contributed by atoms with Crippen LogP contribution in [-0.4, -0.2) is 20.5 Å². The van der Waals surface area contributed by atoms with Crippen LogP contribution in [0.1, 0.15) is 5.69 Å². The Labute approximate surface area is 141 Å². The zero-order valence-electron chi connectivity index (χ0n) is 11.6. The summed E-state index contributed by atoms with van der Waals surface area (Å²) in [4.78, 5) is 15.3. The summed E-state index contributed by atoms with van der Waals surface area (Å²) in [5.41, 5.74) is 1.31. The number of rotatable bonds is 4. The molecule has 116 valence electrons. The zero-order valence-corrected chi connectivity index (χ0v) is 13.2. The Hall–Kier alpha value is -2.44. The molecule has 0 spiro atoms. The molecule has 0 radical (unpaired) electrons. The molecule has 0 aliphatic rings. The third-order valence-corrected chi connectivity index (χ3v) is 3.61. The fraction of sp³-hybridized carbons (Fsp3) is 0.0667. The Morgan fingerprint density at radius 2 is 2.04 bits per heavy atom. The molecule has 0 unspecified atom stereocenters. The molecular weight excluding hydrogens is 339 g/mol. The molecule has 6 nitrogen and oxygen atoms in total. The van der Waals surface area contributed by atoms with Gasteiger partial charge in [0.05, 0.1) is 17.1 Å². The monoisotopic (exact) mass is 348 g/mol. The van der Waals surface area contributed by atoms with Gasteiger partial charge >= 0.3 is 5.97 Å². The predicted molar refractivity (Wildman–Crippen MR) is 87.2 cm³/mol. The lowest BCUT2D eigenvalue weighted by molar-refractivity contribution is -0.136. The van der Waals surface area contributed by atoms with Crippen molar-refractivity contribution in [2.24, 2.45) is 10.2 Å². The maximum absolute atomic E-state index is 11.0. The maximum Gasteiger partial charge on any atom is 0.309 e. The van der Waals surface area contributed by atoms with E-state index in [1.807, 2.05) is 6.07 Å². The van der Waals surface area contributed by atoms with Crippen molar-refractivity contribution in [3.8, 4) is 0 Å². The number of azo groups is 1. The number of carboxylic acids is 1. The molecule has 23 heavy (non-hydrogen) atoms. The second-order valence-corrected chi connectivity index (χ2v) is 5.52. The number of carboxylic acid groups (broad SMARTS) is 1. The molecule has 1 N–H and O–H groups in total. The van der Waals surface area contributed by atoms with Gasteiger partial charge in [-0.2, -0.15) is 0 Å². The molecule has 3 aromatic rings. The molecule has 0 fully saturated rings. The molecular formula is C15H10Cl2N4O2. The van der Waals surface area contributed by atoms with E-state index in [1.54, 1.807) is 40.9 Å². The average molecular weight is 349 g/mol. The first-order valence-corrected chi connectivity index (χ1v) is 7.35. The number of imidazole rings is 1. The smallest absolute Gasteiger partial charge is 0.309 e. The summed E-state index contributed by atoms with van der Waals surface area (Å²) in [6.07, 6.45) is 1.49. The van der Waals surface area contributed by atoms with E-state index in [0.29, 0.717) is 32.9 Å². The lowest BCUT2D eigenvalue weighted by Gasteiger charge is -1.99. The summed E-state index contributed by atoms with van der Waals surface area (Å²) in [5.74, 6) is -0.648. The molecule has 0 saturated heterocycles. The number of fused-ring (bicyclic) bond motifs is 1. The number of nitrogens with zero attached hydrogens (tertiary/aromatic N) is 4. The summed E-state index contributed by atoms with van der Waals surface area (Å²) in [5, 5.41) is 18.1. The number of hydrogen-bond acceptors (Lipinski definition) is 4. The van der Waals surface area contributed by atoms with Crippen molar-refractivity contribution in [2.75, 3.05) is 0 Å². The van der Waals surface area contributed by atoms with Crippen LogP contribution in [0.3, 0.4) is 0 Å². The summed E-state index contributed by atoms with van der Waals surface area (Å²) in [6.45, 7) is 0. The predicted octanol–water partition coefficient (Wildman–Crippen LogP) is 4.68. The summed E-state index contributed by atoms with van der Waals surface area (Å²) < 4.78 is 1.67. The van der Waals surface area contributed by atoms with Crippen LogP contribution in [0.15, 0.2) is 52.8 Å². The van der Waals surface area contributed by atoms with Gasteiger partial charge in [0.2, 0.25) is 0 Å². The number of halogens is 2. The van der Waals surface area contributed by atoms with Crippen molar-refractivity contribution >= 4 is 46.3 Å². The number of hydrogen-bond donors (Lipinski definition) is 1. The van der Waals surface area contributed by atoms with Gasteiger partial charge in [-0.15, -0.1) is 10.2 Å². The van der Waals surface area contributed by atoms with Crippen LogP contribution >= 0.6 is 23.2 Å². The minimum Gasteiger partial charge on any atom is -0.481 e. The lowest BCUT2D eigenvalue weighted by Crippen LogP contribution is -2.00. The minimum atomic E-state index is -0.995. The molecule has 2 heterocycles. The van der Waals surface area contributed by atoms with E-state index in [-0.39, 0.29) is 6.42 Å². The van der Waals surface area contributed by atoms with Gasteiger partial charge in [0.1, 0.15) is 11.3 Å². The van der Waals surface area contributed by atoms with Crippen LogP contribution in [0.4, 0.5) is 11.5 Å². The summed E-state index contributed by atoms with van der Waals surface area (Å²) in [7, 11) is 0. The second-order valence-electron chi connectivity index (χ2n) is 4.68. The zero-order chi connectivity index (χ0) is 16.4. The van der Waals surface area contributed by atoms with E-state index in [0.717, 1.165) is 0 Å². The molecule has 0 amide bonds. The van der Waals surface area contributed by atoms with Crippen molar-refractivity contribution in [1.82, 2.24) is 9.38 Å². The van der Waals surface area contributed by atoms with Crippen molar-refractivity contribution in [3.63, 3.8) is 0 Å². The van der Waals surface area contributed by atoms with Gasteiger partial charge in [-0.1, -0.05) is 29.3 Å². The first kappa shape index (κ1) is 15.5. The van der Waals surface area contributed by atoms with Gasteiger partial charge in [0.25, 0.3) is 0 Å². The summed E-state index contributed by atoms with van der Waals surface area (Å²) >= 11 is 12.0. The highest BCUT2D eigenvalue weighted by atomic mass is 35.5. The standard InChI is InChI=1S/C15H10Cl2N4O2/c16-9-4-5-10(17)11(7-9)19-20-15-12(8-14(22)23)18-13-3-1-2-6-21(13)15/h1-7H,8H2,(H,22,23). The van der Waals surface area contributed by atoms with Crippen LogP contribution in [-0.2, 0) is 11.2 Å². The minimum absolute atomic E-state index is 0.251. The third-order valence-electron chi connectivity index (χ3n) is 3.05. The molecule has 3 rings (SSSR count). The van der Waals surface area contributed by atoms with Gasteiger partial charge in [-0.25, -0.2) is 4.98 Å². The van der Waals surface area contributed by atoms with Gasteiger partial charge in [0.15, 0.2) is 5.82 Å². The SMILES string of the molecule is O=C(O)Cc1nc2ccccn2c1N=Nc1cc(Cl)ccc1Cl. The van der Waals surface area contributed by atoms with Crippen molar-refractivity contribution < 1.29 is 9.90 Å². The lowest BCUT2D eigenvalue weighted by atomic mass is 10.3. The molecule has 0 aliphatic heterocycles. The molecule has 0 bridgehead atoms. The van der Waals surface area contributed by atoms with E-state index < -0.39 is 5.97 Å². The molecule has 0 aliphatic carbocycles. The summed E-state index contributed by atoms with van der Waals surface area (Å²) in [6, 6.07) is 10.2. The highest BCUT2D eigenvalue weighted by Gasteiger charge is 2.14. The van der Waals surface area contributed by atoms with Crippen molar-refractivity contribution in [2.45, 2.75) is 6.42 Å². The fourth-order valence-corrected chi connectivity index (χ4v) is 2.38. The first-order chi connectivity index (χ1) is 11.0. The van der Waals surface area contributed by atoms with Gasteiger partial charge in [-0.3, -0.25) is 9.20 Å². The Kier molecular flexibility index (Phi) is 4.27. The fourth-order valence-electron chi connectivity index (χ4n) is 2.06. The Morgan fingerprint density at radius 1 is 1.22 bits per heavy atom. The normalized spacial score (nSPS) is 11.4. The van der Waals surface area contributed by atoms with E-state index in [9.17, 15) is 4.79 Å². The van der Waals surface area contributed by atoms with Gasteiger partial charge < -0.3 is 5.11 Å². The number of aliphatic carboxylic acids is 1. The van der Waals surface area contributed by atoms with Gasteiger partial charge in [-0.05, 0) is 30.3 Å². The second kappa shape index (κ2) is 6.36. The van der Waals surface area contributed by atoms with Crippen LogP contribution in [0.2, 0.25) is 10.0 Å². The Bertz CT molecular complexity index is 921. The highest BCUT2D eigenvalue weighted by molar-refractivity contribution is 6.35.